The van der Waals surface area contributed by atoms with Gasteiger partial charge in [-0.1, -0.05) is 39.0 Å². The highest BCUT2D eigenvalue weighted by atomic mass is 32.2. The molecule has 2 heteroatoms. The summed E-state index contributed by atoms with van der Waals surface area (Å²) in [5.74, 6) is 0.190. The summed E-state index contributed by atoms with van der Waals surface area (Å²) in [6.07, 6.45) is -0.311. The predicted octanol–water partition coefficient (Wildman–Crippen LogP) is 4.06. The highest BCUT2D eigenvalue weighted by Crippen LogP contribution is 2.54. The first-order valence-electron chi connectivity index (χ1n) is 6.23. The second-order valence-corrected chi connectivity index (χ2v) is 7.77. The Morgan fingerprint density at radius 3 is 2.35 bits per heavy atom. The van der Waals surface area contributed by atoms with Gasteiger partial charge in [-0.05, 0) is 25.5 Å². The quantitative estimate of drug-likeness (QED) is 0.749. The first-order valence-corrected chi connectivity index (χ1v) is 7.05. The molecule has 0 saturated heterocycles. The molecule has 17 heavy (non-hydrogen) atoms. The van der Waals surface area contributed by atoms with Crippen molar-refractivity contribution in [3.63, 3.8) is 0 Å². The Bertz CT molecular complexity index is 423. The molecule has 0 amide bonds. The zero-order valence-electron chi connectivity index (χ0n) is 11.3. The first-order chi connectivity index (χ1) is 7.77. The SMILES string of the molecule is CC1c2ccccc2SC(C)(C)C(C)(C)C1O. The molecule has 1 aromatic rings. The summed E-state index contributed by atoms with van der Waals surface area (Å²) in [6, 6.07) is 8.47. The van der Waals surface area contributed by atoms with Crippen molar-refractivity contribution in [3.8, 4) is 0 Å². The fraction of sp³-hybridized carbons (Fsp3) is 0.600. The van der Waals surface area contributed by atoms with Gasteiger partial charge in [-0.3, -0.25) is 0 Å². The van der Waals surface area contributed by atoms with Gasteiger partial charge in [-0.25, -0.2) is 0 Å². The number of rotatable bonds is 0. The third-order valence-corrected chi connectivity index (χ3v) is 6.17. The zero-order chi connectivity index (χ0) is 12.8. The number of aliphatic hydroxyl groups excluding tert-OH is 1. The summed E-state index contributed by atoms with van der Waals surface area (Å²) in [4.78, 5) is 1.31. The van der Waals surface area contributed by atoms with E-state index in [0.29, 0.717) is 0 Å². The van der Waals surface area contributed by atoms with Crippen LogP contribution in [0, 0.1) is 5.41 Å². The van der Waals surface area contributed by atoms with Crippen molar-refractivity contribution < 1.29 is 5.11 Å². The van der Waals surface area contributed by atoms with E-state index < -0.39 is 0 Å². The van der Waals surface area contributed by atoms with Crippen molar-refractivity contribution in [3.05, 3.63) is 29.8 Å². The number of fused-ring (bicyclic) bond motifs is 1. The minimum atomic E-state index is -0.311. The van der Waals surface area contributed by atoms with Gasteiger partial charge in [-0.2, -0.15) is 0 Å². The molecule has 2 atom stereocenters. The highest BCUT2D eigenvalue weighted by molar-refractivity contribution is 8.00. The Morgan fingerprint density at radius 2 is 1.71 bits per heavy atom. The fourth-order valence-corrected chi connectivity index (χ4v) is 3.96. The van der Waals surface area contributed by atoms with E-state index in [9.17, 15) is 5.11 Å². The molecule has 0 bridgehead atoms. The number of thioether (sulfide) groups is 1. The van der Waals surface area contributed by atoms with E-state index in [1.165, 1.54) is 10.5 Å². The van der Waals surface area contributed by atoms with Crippen molar-refractivity contribution in [2.75, 3.05) is 0 Å². The smallest absolute Gasteiger partial charge is 0.0670 e. The van der Waals surface area contributed by atoms with Crippen LogP contribution in [0.15, 0.2) is 29.2 Å². The van der Waals surface area contributed by atoms with Gasteiger partial charge in [0.2, 0.25) is 0 Å². The maximum Gasteiger partial charge on any atom is 0.0670 e. The lowest BCUT2D eigenvalue weighted by Gasteiger charge is -2.43. The Balaban J connectivity index is 2.58. The molecule has 0 aromatic heterocycles. The van der Waals surface area contributed by atoms with Gasteiger partial charge in [-0.15, -0.1) is 11.8 Å². The molecular formula is C15H22OS. The van der Waals surface area contributed by atoms with Crippen molar-refractivity contribution in [2.45, 2.75) is 56.3 Å². The molecule has 1 heterocycles. The molecule has 2 unspecified atom stereocenters. The molecule has 2 rings (SSSR count). The lowest BCUT2D eigenvalue weighted by Crippen LogP contribution is -2.46. The van der Waals surface area contributed by atoms with E-state index in [0.717, 1.165) is 0 Å². The molecule has 1 aromatic carbocycles. The maximum absolute atomic E-state index is 10.7. The van der Waals surface area contributed by atoms with Crippen molar-refractivity contribution in [1.29, 1.82) is 0 Å². The standard InChI is InChI=1S/C15H22OS/c1-10-11-8-6-7-9-12(11)17-15(4,5)14(2,3)13(10)16/h6-10,13,16H,1-5H3. The molecule has 1 nitrogen and oxygen atoms in total. The van der Waals surface area contributed by atoms with Gasteiger partial charge in [0.25, 0.3) is 0 Å². The third-order valence-electron chi connectivity index (χ3n) is 4.54. The second-order valence-electron chi connectivity index (χ2n) is 6.11. The second kappa shape index (κ2) is 4.03. The average Bonchev–Trinajstić information content (AvgIpc) is 2.30. The zero-order valence-corrected chi connectivity index (χ0v) is 12.1. The van der Waals surface area contributed by atoms with Crippen LogP contribution in [0.25, 0.3) is 0 Å². The summed E-state index contributed by atoms with van der Waals surface area (Å²) < 4.78 is 0.0211. The van der Waals surface area contributed by atoms with Crippen LogP contribution in [-0.4, -0.2) is 16.0 Å². The number of aliphatic hydroxyl groups is 1. The van der Waals surface area contributed by atoms with Crippen molar-refractivity contribution in [2.24, 2.45) is 5.41 Å². The number of hydrogen-bond acceptors (Lipinski definition) is 2. The van der Waals surface area contributed by atoms with Crippen LogP contribution in [0.5, 0.6) is 0 Å². The van der Waals surface area contributed by atoms with Crippen LogP contribution < -0.4 is 0 Å². The molecule has 94 valence electrons. The number of hydrogen-bond donors (Lipinski definition) is 1. The number of benzene rings is 1. The van der Waals surface area contributed by atoms with Crippen LogP contribution in [0.1, 0.15) is 46.1 Å². The van der Waals surface area contributed by atoms with E-state index in [1.807, 2.05) is 11.8 Å². The minimum Gasteiger partial charge on any atom is -0.392 e. The normalized spacial score (nSPS) is 30.5. The van der Waals surface area contributed by atoms with E-state index in [4.69, 9.17) is 0 Å². The van der Waals surface area contributed by atoms with Gasteiger partial charge in [0.05, 0.1) is 6.10 Å². The molecular weight excluding hydrogens is 228 g/mol. The largest absolute Gasteiger partial charge is 0.392 e. The van der Waals surface area contributed by atoms with Gasteiger partial charge in [0, 0.05) is 21.0 Å². The third kappa shape index (κ3) is 1.92. The van der Waals surface area contributed by atoms with Crippen LogP contribution in [-0.2, 0) is 0 Å². The molecule has 0 saturated carbocycles. The maximum atomic E-state index is 10.7. The lowest BCUT2D eigenvalue weighted by atomic mass is 9.70. The summed E-state index contributed by atoms with van der Waals surface area (Å²) >= 11 is 1.89. The first kappa shape index (κ1) is 13.0. The highest BCUT2D eigenvalue weighted by Gasteiger charge is 2.48. The molecule has 0 radical (unpaired) electrons. The van der Waals surface area contributed by atoms with Gasteiger partial charge in [0.15, 0.2) is 0 Å². The Morgan fingerprint density at radius 1 is 1.12 bits per heavy atom. The van der Waals surface area contributed by atoms with E-state index >= 15 is 0 Å². The van der Waals surface area contributed by atoms with Gasteiger partial charge < -0.3 is 5.11 Å². The minimum absolute atomic E-state index is 0.0211. The van der Waals surface area contributed by atoms with Gasteiger partial charge >= 0.3 is 0 Å². The Labute approximate surface area is 109 Å². The van der Waals surface area contributed by atoms with Crippen LogP contribution in [0.3, 0.4) is 0 Å². The summed E-state index contributed by atoms with van der Waals surface area (Å²) in [5.41, 5.74) is 1.17. The average molecular weight is 250 g/mol. The van der Waals surface area contributed by atoms with E-state index in [-0.39, 0.29) is 22.2 Å². The molecule has 0 fully saturated rings. The Hall–Kier alpha value is -0.470. The van der Waals surface area contributed by atoms with Crippen LogP contribution in [0.4, 0.5) is 0 Å². The van der Waals surface area contributed by atoms with E-state index in [1.54, 1.807) is 0 Å². The van der Waals surface area contributed by atoms with Crippen molar-refractivity contribution >= 4 is 11.8 Å². The Kier molecular flexibility index (Phi) is 3.07. The van der Waals surface area contributed by atoms with Crippen LogP contribution in [0.2, 0.25) is 0 Å². The molecule has 1 aliphatic heterocycles. The summed E-state index contributed by atoms with van der Waals surface area (Å²) in [7, 11) is 0. The molecule has 1 aliphatic rings. The fourth-order valence-electron chi connectivity index (χ4n) is 2.51. The van der Waals surface area contributed by atoms with Gasteiger partial charge in [0.1, 0.15) is 0 Å². The predicted molar refractivity (Wildman–Crippen MR) is 74.6 cm³/mol. The summed E-state index contributed by atoms with van der Waals surface area (Å²) in [5, 5.41) is 10.7. The van der Waals surface area contributed by atoms with Crippen LogP contribution >= 0.6 is 11.8 Å². The van der Waals surface area contributed by atoms with Crippen molar-refractivity contribution in [1.82, 2.24) is 0 Å². The molecule has 0 aliphatic carbocycles. The lowest BCUT2D eigenvalue weighted by molar-refractivity contribution is 0.0138. The van der Waals surface area contributed by atoms with E-state index in [2.05, 4.69) is 58.9 Å². The topological polar surface area (TPSA) is 20.2 Å². The monoisotopic (exact) mass is 250 g/mol. The molecule has 1 N–H and O–H groups in total. The molecule has 0 spiro atoms. The summed E-state index contributed by atoms with van der Waals surface area (Å²) in [6.45, 7) is 10.9.